The van der Waals surface area contributed by atoms with Crippen molar-refractivity contribution in [3.8, 4) is 5.75 Å². The molecule has 0 spiro atoms. The van der Waals surface area contributed by atoms with Crippen LogP contribution in [0.15, 0.2) is 24.3 Å². The van der Waals surface area contributed by atoms with Crippen molar-refractivity contribution in [1.82, 2.24) is 20.8 Å². The third-order valence-electron chi connectivity index (χ3n) is 2.64. The van der Waals surface area contributed by atoms with E-state index < -0.39 is 0 Å². The second-order valence-corrected chi connectivity index (χ2v) is 5.18. The van der Waals surface area contributed by atoms with Crippen molar-refractivity contribution >= 4 is 29.0 Å². The van der Waals surface area contributed by atoms with Gasteiger partial charge in [-0.25, -0.2) is 4.79 Å². The average Bonchev–Trinajstić information content (AvgIpc) is 3.02. The molecule has 0 saturated heterocycles. The molecular weight excluding hydrogens is 306 g/mol. The van der Waals surface area contributed by atoms with E-state index in [2.05, 4.69) is 26.1 Å². The van der Waals surface area contributed by atoms with E-state index in [0.29, 0.717) is 16.4 Å². The Kier molecular flexibility index (Phi) is 5.26. The van der Waals surface area contributed by atoms with Gasteiger partial charge in [-0.2, -0.15) is 0 Å². The van der Waals surface area contributed by atoms with E-state index in [9.17, 15) is 9.59 Å². The molecule has 0 unspecified atom stereocenters. The maximum atomic E-state index is 12.0. The molecule has 0 saturated carbocycles. The van der Waals surface area contributed by atoms with Crippen LogP contribution in [0.1, 0.15) is 14.8 Å². The fourth-order valence-electron chi connectivity index (χ4n) is 1.52. The summed E-state index contributed by atoms with van der Waals surface area (Å²) in [5.41, 5.74) is 0.631. The van der Waals surface area contributed by atoms with E-state index in [1.54, 1.807) is 31.4 Å². The number of rotatable bonds is 5. The first-order valence-corrected chi connectivity index (χ1v) is 7.17. The Bertz CT molecular complexity index is 656. The molecule has 9 heteroatoms. The lowest BCUT2D eigenvalue weighted by Gasteiger charge is -2.04. The number of nitrogens with one attached hydrogen (secondary N) is 3. The Morgan fingerprint density at radius 1 is 1.23 bits per heavy atom. The second-order valence-electron chi connectivity index (χ2n) is 4.12. The summed E-state index contributed by atoms with van der Waals surface area (Å²) in [5, 5.41) is 16.2. The number of carbonyl (C=O) groups is 2. The molecule has 0 aliphatic heterocycles. The van der Waals surface area contributed by atoms with Crippen molar-refractivity contribution in [3.63, 3.8) is 0 Å². The number of benzene rings is 1. The minimum absolute atomic E-state index is 0.215. The number of urea groups is 1. The Morgan fingerprint density at radius 2 is 1.95 bits per heavy atom. The summed E-state index contributed by atoms with van der Waals surface area (Å²) in [6.45, 7) is 0.215. The van der Waals surface area contributed by atoms with Gasteiger partial charge in [0.1, 0.15) is 10.8 Å². The Labute approximate surface area is 130 Å². The number of hydrogen-bond acceptors (Lipinski definition) is 6. The quantitative estimate of drug-likeness (QED) is 0.768. The molecule has 8 nitrogen and oxygen atoms in total. The molecule has 0 aliphatic rings. The SMILES string of the molecule is CNC(=O)NCc1nnc(C(=O)Nc2ccc(OC)cc2)s1. The van der Waals surface area contributed by atoms with Crippen LogP contribution in [0.4, 0.5) is 10.5 Å². The van der Waals surface area contributed by atoms with Gasteiger partial charge in [0.2, 0.25) is 5.01 Å². The minimum atomic E-state index is -0.353. The molecule has 2 rings (SSSR count). The van der Waals surface area contributed by atoms with Gasteiger partial charge in [0.15, 0.2) is 0 Å². The highest BCUT2D eigenvalue weighted by atomic mass is 32.1. The van der Waals surface area contributed by atoms with Gasteiger partial charge in [0.25, 0.3) is 5.91 Å². The van der Waals surface area contributed by atoms with Crippen LogP contribution in [-0.4, -0.2) is 36.3 Å². The zero-order chi connectivity index (χ0) is 15.9. The van der Waals surface area contributed by atoms with Gasteiger partial charge >= 0.3 is 6.03 Å². The van der Waals surface area contributed by atoms with Crippen LogP contribution in [0.25, 0.3) is 0 Å². The topological polar surface area (TPSA) is 105 Å². The van der Waals surface area contributed by atoms with Crippen LogP contribution in [-0.2, 0) is 6.54 Å². The zero-order valence-corrected chi connectivity index (χ0v) is 12.9. The molecule has 1 aromatic carbocycles. The average molecular weight is 321 g/mol. The molecule has 22 heavy (non-hydrogen) atoms. The summed E-state index contributed by atoms with van der Waals surface area (Å²) >= 11 is 1.12. The first-order valence-electron chi connectivity index (χ1n) is 6.35. The molecule has 2 aromatic rings. The first kappa shape index (κ1) is 15.7. The van der Waals surface area contributed by atoms with E-state index in [0.717, 1.165) is 11.3 Å². The third kappa shape index (κ3) is 4.16. The van der Waals surface area contributed by atoms with E-state index in [-0.39, 0.29) is 23.5 Å². The molecule has 0 aliphatic carbocycles. The van der Waals surface area contributed by atoms with Gasteiger partial charge in [-0.05, 0) is 24.3 Å². The Morgan fingerprint density at radius 3 is 2.59 bits per heavy atom. The van der Waals surface area contributed by atoms with Gasteiger partial charge in [0, 0.05) is 12.7 Å². The van der Waals surface area contributed by atoms with Crippen molar-refractivity contribution in [2.45, 2.75) is 6.54 Å². The van der Waals surface area contributed by atoms with Crippen molar-refractivity contribution in [3.05, 3.63) is 34.3 Å². The molecule has 1 heterocycles. The van der Waals surface area contributed by atoms with Crippen LogP contribution in [0, 0.1) is 0 Å². The van der Waals surface area contributed by atoms with E-state index in [4.69, 9.17) is 4.74 Å². The maximum absolute atomic E-state index is 12.0. The normalized spacial score (nSPS) is 9.91. The second kappa shape index (κ2) is 7.36. The smallest absolute Gasteiger partial charge is 0.314 e. The molecule has 3 N–H and O–H groups in total. The number of nitrogens with zero attached hydrogens (tertiary/aromatic N) is 2. The van der Waals surface area contributed by atoms with Crippen molar-refractivity contribution in [2.24, 2.45) is 0 Å². The Balaban J connectivity index is 1.94. The molecule has 0 fully saturated rings. The highest BCUT2D eigenvalue weighted by Crippen LogP contribution is 2.17. The predicted octanol–water partition coefficient (Wildman–Crippen LogP) is 1.23. The largest absolute Gasteiger partial charge is 0.497 e. The summed E-state index contributed by atoms with van der Waals surface area (Å²) in [6.07, 6.45) is 0. The van der Waals surface area contributed by atoms with E-state index in [1.165, 1.54) is 7.05 Å². The Hall–Kier alpha value is -2.68. The van der Waals surface area contributed by atoms with Crippen molar-refractivity contribution in [1.29, 1.82) is 0 Å². The van der Waals surface area contributed by atoms with Crippen LogP contribution in [0.5, 0.6) is 5.75 Å². The van der Waals surface area contributed by atoms with Gasteiger partial charge < -0.3 is 20.7 Å². The summed E-state index contributed by atoms with van der Waals surface area (Å²) in [7, 11) is 3.09. The number of amides is 3. The van der Waals surface area contributed by atoms with Crippen LogP contribution < -0.4 is 20.7 Å². The van der Waals surface area contributed by atoms with Crippen molar-refractivity contribution < 1.29 is 14.3 Å². The molecule has 116 valence electrons. The lowest BCUT2D eigenvalue weighted by atomic mass is 10.3. The predicted molar refractivity (Wildman–Crippen MR) is 82.2 cm³/mol. The fourth-order valence-corrected chi connectivity index (χ4v) is 2.19. The number of methoxy groups -OCH3 is 1. The van der Waals surface area contributed by atoms with Crippen LogP contribution in [0.2, 0.25) is 0 Å². The lowest BCUT2D eigenvalue weighted by Crippen LogP contribution is -2.32. The van der Waals surface area contributed by atoms with Crippen LogP contribution >= 0.6 is 11.3 Å². The molecule has 1 aromatic heterocycles. The monoisotopic (exact) mass is 321 g/mol. The summed E-state index contributed by atoms with van der Waals surface area (Å²) in [4.78, 5) is 23.1. The van der Waals surface area contributed by atoms with Gasteiger partial charge in [-0.1, -0.05) is 11.3 Å². The molecule has 3 amide bonds. The zero-order valence-electron chi connectivity index (χ0n) is 12.0. The molecule has 0 radical (unpaired) electrons. The van der Waals surface area contributed by atoms with E-state index >= 15 is 0 Å². The standard InChI is InChI=1S/C13H15N5O3S/c1-14-13(20)15-7-10-17-18-12(22-10)11(19)16-8-3-5-9(21-2)6-4-8/h3-6H,7H2,1-2H3,(H,16,19)(H2,14,15,20). The summed E-state index contributed by atoms with van der Waals surface area (Å²) in [5.74, 6) is 0.352. The molecule has 0 bridgehead atoms. The number of ether oxygens (including phenoxy) is 1. The number of aromatic nitrogens is 2. The summed E-state index contributed by atoms with van der Waals surface area (Å²) in [6, 6.07) is 6.62. The molecular formula is C13H15N5O3S. The minimum Gasteiger partial charge on any atom is -0.497 e. The molecule has 0 atom stereocenters. The number of carbonyl (C=O) groups excluding carboxylic acids is 2. The third-order valence-corrected chi connectivity index (χ3v) is 3.56. The van der Waals surface area contributed by atoms with Crippen molar-refractivity contribution in [2.75, 3.05) is 19.5 Å². The highest BCUT2D eigenvalue weighted by molar-refractivity contribution is 7.13. The lowest BCUT2D eigenvalue weighted by molar-refractivity contribution is 0.102. The first-order chi connectivity index (χ1) is 10.6. The van der Waals surface area contributed by atoms with E-state index in [1.807, 2.05) is 0 Å². The fraction of sp³-hybridized carbons (Fsp3) is 0.231. The van der Waals surface area contributed by atoms with Gasteiger partial charge in [0.05, 0.1) is 13.7 Å². The number of hydrogen-bond donors (Lipinski definition) is 3. The summed E-state index contributed by atoms with van der Waals surface area (Å²) < 4.78 is 5.04. The number of anilines is 1. The van der Waals surface area contributed by atoms with Gasteiger partial charge in [-0.3, -0.25) is 4.79 Å². The maximum Gasteiger partial charge on any atom is 0.314 e. The highest BCUT2D eigenvalue weighted by Gasteiger charge is 2.13. The van der Waals surface area contributed by atoms with Gasteiger partial charge in [-0.15, -0.1) is 10.2 Å². The van der Waals surface area contributed by atoms with Crippen LogP contribution in [0.3, 0.4) is 0 Å².